The quantitative estimate of drug-likeness (QED) is 0.152. The Labute approximate surface area is 288 Å². The zero-order valence-corrected chi connectivity index (χ0v) is 26.8. The molecule has 0 radical (unpaired) electrons. The number of carbonyl (C=O) groups is 5. The maximum Gasteiger partial charge on any atom is 0.338 e. The number of hydrogen-bond donors (Lipinski definition) is 0. The van der Waals surface area contributed by atoms with Gasteiger partial charge < -0.3 is 28.4 Å². The van der Waals surface area contributed by atoms with Crippen LogP contribution in [0.5, 0.6) is 0 Å². The van der Waals surface area contributed by atoms with Crippen LogP contribution >= 0.6 is 0 Å². The molecular formula is C39H34O11. The molecule has 0 spiro atoms. The summed E-state index contributed by atoms with van der Waals surface area (Å²) in [7, 11) is 0. The average Bonchev–Trinajstić information content (AvgIpc) is 3.57. The maximum absolute atomic E-state index is 13.7. The number of rotatable bonds is 11. The first kappa shape index (κ1) is 34.1. The van der Waals surface area contributed by atoms with Crippen LogP contribution in [0.2, 0.25) is 0 Å². The van der Waals surface area contributed by atoms with Gasteiger partial charge in [0.15, 0.2) is 18.3 Å². The average molecular weight is 679 g/mol. The highest BCUT2D eigenvalue weighted by Crippen LogP contribution is 2.35. The molecule has 2 aliphatic rings. The van der Waals surface area contributed by atoms with E-state index < -0.39 is 72.9 Å². The molecule has 0 saturated carbocycles. The predicted octanol–water partition coefficient (Wildman–Crippen LogP) is 5.24. The van der Waals surface area contributed by atoms with Crippen LogP contribution in [0.15, 0.2) is 121 Å². The molecule has 256 valence electrons. The second-order valence-electron chi connectivity index (χ2n) is 11.8. The first-order chi connectivity index (χ1) is 24.4. The van der Waals surface area contributed by atoms with E-state index in [1.54, 1.807) is 121 Å². The summed E-state index contributed by atoms with van der Waals surface area (Å²) < 4.78 is 35.5. The van der Waals surface area contributed by atoms with Crippen molar-refractivity contribution < 1.29 is 52.4 Å². The van der Waals surface area contributed by atoms with E-state index in [2.05, 4.69) is 0 Å². The van der Waals surface area contributed by atoms with Gasteiger partial charge in [-0.25, -0.2) is 19.2 Å². The summed E-state index contributed by atoms with van der Waals surface area (Å²) >= 11 is 0. The molecule has 0 aliphatic carbocycles. The zero-order chi connectivity index (χ0) is 34.9. The Hall–Kier alpha value is -5.81. The molecule has 0 amide bonds. The van der Waals surface area contributed by atoms with Gasteiger partial charge in [0.05, 0.1) is 40.9 Å². The van der Waals surface area contributed by atoms with Crippen molar-refractivity contribution in [2.24, 2.45) is 5.92 Å². The Morgan fingerprint density at radius 3 is 1.36 bits per heavy atom. The van der Waals surface area contributed by atoms with Crippen molar-refractivity contribution >= 4 is 29.8 Å². The van der Waals surface area contributed by atoms with E-state index in [1.165, 1.54) is 0 Å². The standard InChI is InChI=1S/C39H34O11/c40-35(25-13-5-1-6-14-25)46-24-31-33(49-38(43)27-17-9-3-10-18-27)34(50-39(44)28-19-11-4-12-20-28)32(48-37(42)26-15-7-2-8-16-26)30(47-31)23-29-21-22-45-36(29)41/h1-20,29-34H,21-24H2/t29-,30+,31+,32-,33+,34+/m0/s1. The molecular weight excluding hydrogens is 644 g/mol. The molecule has 2 fully saturated rings. The number of hydrogen-bond acceptors (Lipinski definition) is 11. The van der Waals surface area contributed by atoms with Crippen molar-refractivity contribution in [3.8, 4) is 0 Å². The molecule has 0 bridgehead atoms. The van der Waals surface area contributed by atoms with Gasteiger partial charge in [-0.2, -0.15) is 0 Å². The summed E-state index contributed by atoms with van der Waals surface area (Å²) in [5, 5.41) is 0. The fourth-order valence-electron chi connectivity index (χ4n) is 5.88. The second kappa shape index (κ2) is 16.1. The van der Waals surface area contributed by atoms with Gasteiger partial charge in [0.1, 0.15) is 12.7 Å². The monoisotopic (exact) mass is 678 g/mol. The summed E-state index contributed by atoms with van der Waals surface area (Å²) in [6.07, 6.45) is -6.21. The van der Waals surface area contributed by atoms with Crippen LogP contribution in [0.25, 0.3) is 0 Å². The van der Waals surface area contributed by atoms with Crippen LogP contribution in [0.4, 0.5) is 0 Å². The summed E-state index contributed by atoms with van der Waals surface area (Å²) in [6, 6.07) is 32.7. The molecule has 11 heteroatoms. The van der Waals surface area contributed by atoms with E-state index >= 15 is 0 Å². The van der Waals surface area contributed by atoms with Gasteiger partial charge in [-0.05, 0) is 61.4 Å². The molecule has 2 saturated heterocycles. The highest BCUT2D eigenvalue weighted by Gasteiger charge is 2.54. The maximum atomic E-state index is 13.7. The van der Waals surface area contributed by atoms with E-state index in [-0.39, 0.29) is 35.3 Å². The molecule has 2 aliphatic heterocycles. The van der Waals surface area contributed by atoms with Gasteiger partial charge >= 0.3 is 29.8 Å². The lowest BCUT2D eigenvalue weighted by atomic mass is 9.88. The van der Waals surface area contributed by atoms with Gasteiger partial charge in [-0.15, -0.1) is 0 Å². The third kappa shape index (κ3) is 8.24. The Kier molecular flexibility index (Phi) is 10.9. The summed E-state index contributed by atoms with van der Waals surface area (Å²) in [4.78, 5) is 66.5. The van der Waals surface area contributed by atoms with Crippen LogP contribution in [0.3, 0.4) is 0 Å². The SMILES string of the molecule is O=C(OC[C@H]1O[C@H](C[C@@H]2CCOC2=O)[C@H](OC(=O)c2ccccc2)[C@@H](OC(=O)c2ccccc2)[C@@H]1OC(=O)c1ccccc1)c1ccccc1. The topological polar surface area (TPSA) is 141 Å². The summed E-state index contributed by atoms with van der Waals surface area (Å²) in [5.41, 5.74) is 0.849. The number of benzene rings is 4. The molecule has 0 N–H and O–H groups in total. The molecule has 0 aromatic heterocycles. The highest BCUT2D eigenvalue weighted by molar-refractivity contribution is 5.91. The minimum absolute atomic E-state index is 0.00738. The molecule has 11 nitrogen and oxygen atoms in total. The first-order valence-corrected chi connectivity index (χ1v) is 16.2. The Morgan fingerprint density at radius 2 is 0.940 bits per heavy atom. The minimum Gasteiger partial charge on any atom is -0.465 e. The number of ether oxygens (including phenoxy) is 6. The second-order valence-corrected chi connectivity index (χ2v) is 11.8. The lowest BCUT2D eigenvalue weighted by Crippen LogP contribution is -2.62. The van der Waals surface area contributed by atoms with Crippen molar-refractivity contribution in [1.29, 1.82) is 0 Å². The van der Waals surface area contributed by atoms with E-state index in [9.17, 15) is 24.0 Å². The molecule has 4 aromatic rings. The van der Waals surface area contributed by atoms with Crippen molar-refractivity contribution in [3.05, 3.63) is 144 Å². The molecule has 6 atom stereocenters. The Balaban J connectivity index is 1.40. The fourth-order valence-corrected chi connectivity index (χ4v) is 5.88. The molecule has 4 aromatic carbocycles. The van der Waals surface area contributed by atoms with Crippen molar-refractivity contribution in [3.63, 3.8) is 0 Å². The Bertz CT molecular complexity index is 1780. The number of cyclic esters (lactones) is 1. The molecule has 6 rings (SSSR count). The van der Waals surface area contributed by atoms with E-state index in [0.29, 0.717) is 6.42 Å². The van der Waals surface area contributed by atoms with E-state index in [0.717, 1.165) is 0 Å². The fraction of sp³-hybridized carbons (Fsp3) is 0.256. The van der Waals surface area contributed by atoms with Crippen LogP contribution in [0.1, 0.15) is 54.3 Å². The van der Waals surface area contributed by atoms with E-state index in [4.69, 9.17) is 28.4 Å². The molecule has 0 unspecified atom stereocenters. The zero-order valence-electron chi connectivity index (χ0n) is 26.8. The minimum atomic E-state index is -1.47. The van der Waals surface area contributed by atoms with Crippen LogP contribution in [-0.4, -0.2) is 73.6 Å². The van der Waals surface area contributed by atoms with E-state index in [1.807, 2.05) is 0 Å². The first-order valence-electron chi connectivity index (χ1n) is 16.2. The predicted molar refractivity (Wildman–Crippen MR) is 176 cm³/mol. The number of carbonyl (C=O) groups excluding carboxylic acids is 5. The van der Waals surface area contributed by atoms with Gasteiger partial charge in [0, 0.05) is 0 Å². The van der Waals surface area contributed by atoms with Gasteiger partial charge in [-0.3, -0.25) is 4.79 Å². The third-order valence-electron chi connectivity index (χ3n) is 8.44. The summed E-state index contributed by atoms with van der Waals surface area (Å²) in [5.74, 6) is -4.10. The molecule has 2 heterocycles. The van der Waals surface area contributed by atoms with Crippen molar-refractivity contribution in [2.75, 3.05) is 13.2 Å². The molecule has 50 heavy (non-hydrogen) atoms. The largest absolute Gasteiger partial charge is 0.465 e. The smallest absolute Gasteiger partial charge is 0.338 e. The Morgan fingerprint density at radius 1 is 0.540 bits per heavy atom. The van der Waals surface area contributed by atoms with Crippen LogP contribution in [0, 0.1) is 5.92 Å². The van der Waals surface area contributed by atoms with Crippen molar-refractivity contribution in [1.82, 2.24) is 0 Å². The highest BCUT2D eigenvalue weighted by atomic mass is 16.7. The van der Waals surface area contributed by atoms with Crippen LogP contribution in [-0.2, 0) is 33.2 Å². The summed E-state index contributed by atoms with van der Waals surface area (Å²) in [6.45, 7) is -0.239. The third-order valence-corrected chi connectivity index (χ3v) is 8.44. The lowest BCUT2D eigenvalue weighted by Gasteiger charge is -2.45. The normalized spacial score (nSPS) is 22.8. The van der Waals surface area contributed by atoms with Crippen molar-refractivity contribution in [2.45, 2.75) is 43.4 Å². The lowest BCUT2D eigenvalue weighted by molar-refractivity contribution is -0.232. The van der Waals surface area contributed by atoms with Gasteiger partial charge in [0.25, 0.3) is 0 Å². The number of esters is 5. The van der Waals surface area contributed by atoms with Gasteiger partial charge in [0.2, 0.25) is 0 Å². The van der Waals surface area contributed by atoms with Crippen LogP contribution < -0.4 is 0 Å². The van der Waals surface area contributed by atoms with Gasteiger partial charge in [-0.1, -0.05) is 72.8 Å².